The van der Waals surface area contributed by atoms with Gasteiger partial charge in [-0.2, -0.15) is 0 Å². The molecule has 0 bridgehead atoms. The average molecular weight is 349 g/mol. The number of ether oxygens (including phenoxy) is 1. The molecule has 1 amide bonds. The molecule has 1 unspecified atom stereocenters. The Labute approximate surface area is 132 Å². The third-order valence-corrected chi connectivity index (χ3v) is 3.49. The highest BCUT2D eigenvalue weighted by Crippen LogP contribution is 2.18. The first-order valence-corrected chi connectivity index (χ1v) is 7.35. The lowest BCUT2D eigenvalue weighted by molar-refractivity contribution is -0.116. The van der Waals surface area contributed by atoms with Gasteiger partial charge in [0.15, 0.2) is 0 Å². The SMILES string of the molecule is COc1cccc(NC(C)C(=O)Nc2ccc(Br)cc2)c1. The van der Waals surface area contributed by atoms with Crippen LogP contribution in [0.5, 0.6) is 5.75 Å². The Kier molecular flexibility index (Phi) is 5.22. The smallest absolute Gasteiger partial charge is 0.246 e. The topological polar surface area (TPSA) is 50.4 Å². The van der Waals surface area contributed by atoms with Gasteiger partial charge in [0.1, 0.15) is 11.8 Å². The Balaban J connectivity index is 1.97. The molecular formula is C16H17BrN2O2. The molecule has 0 aromatic heterocycles. The standard InChI is InChI=1S/C16H17BrN2O2/c1-11(18-14-4-3-5-15(10-14)21-2)16(20)19-13-8-6-12(17)7-9-13/h3-11,18H,1-2H3,(H,19,20). The van der Waals surface area contributed by atoms with Gasteiger partial charge in [-0.15, -0.1) is 0 Å². The maximum Gasteiger partial charge on any atom is 0.246 e. The van der Waals surface area contributed by atoms with Crippen molar-refractivity contribution in [3.8, 4) is 5.75 Å². The minimum absolute atomic E-state index is 0.0971. The average Bonchev–Trinajstić information content (AvgIpc) is 2.49. The Bertz CT molecular complexity index is 614. The van der Waals surface area contributed by atoms with Gasteiger partial charge in [-0.3, -0.25) is 4.79 Å². The zero-order valence-electron chi connectivity index (χ0n) is 11.9. The first-order valence-electron chi connectivity index (χ1n) is 6.55. The van der Waals surface area contributed by atoms with Crippen LogP contribution in [-0.2, 0) is 4.79 Å². The van der Waals surface area contributed by atoms with E-state index in [-0.39, 0.29) is 11.9 Å². The summed E-state index contributed by atoms with van der Waals surface area (Å²) in [4.78, 5) is 12.1. The van der Waals surface area contributed by atoms with Crippen LogP contribution in [0.3, 0.4) is 0 Å². The molecule has 0 aliphatic heterocycles. The van der Waals surface area contributed by atoms with Crippen LogP contribution in [0, 0.1) is 0 Å². The lowest BCUT2D eigenvalue weighted by Gasteiger charge is -2.16. The molecule has 2 rings (SSSR count). The Morgan fingerprint density at radius 1 is 1.14 bits per heavy atom. The minimum Gasteiger partial charge on any atom is -0.497 e. The molecule has 0 aliphatic carbocycles. The highest BCUT2D eigenvalue weighted by Gasteiger charge is 2.13. The highest BCUT2D eigenvalue weighted by atomic mass is 79.9. The monoisotopic (exact) mass is 348 g/mol. The highest BCUT2D eigenvalue weighted by molar-refractivity contribution is 9.10. The largest absolute Gasteiger partial charge is 0.497 e. The third-order valence-electron chi connectivity index (χ3n) is 2.96. The van der Waals surface area contributed by atoms with Crippen molar-refractivity contribution in [2.24, 2.45) is 0 Å². The Morgan fingerprint density at radius 3 is 2.52 bits per heavy atom. The molecule has 0 heterocycles. The van der Waals surface area contributed by atoms with Crippen LogP contribution < -0.4 is 15.4 Å². The maximum atomic E-state index is 12.1. The van der Waals surface area contributed by atoms with Crippen LogP contribution >= 0.6 is 15.9 Å². The molecule has 0 radical (unpaired) electrons. The van der Waals surface area contributed by atoms with Crippen molar-refractivity contribution in [2.75, 3.05) is 17.7 Å². The fraction of sp³-hybridized carbons (Fsp3) is 0.188. The Hall–Kier alpha value is -2.01. The van der Waals surface area contributed by atoms with Gasteiger partial charge in [0.2, 0.25) is 5.91 Å². The van der Waals surface area contributed by atoms with Gasteiger partial charge in [-0.25, -0.2) is 0 Å². The van der Waals surface area contributed by atoms with Gasteiger partial charge in [-0.05, 0) is 43.3 Å². The second-order valence-electron chi connectivity index (χ2n) is 4.59. The third kappa shape index (κ3) is 4.49. The van der Waals surface area contributed by atoms with E-state index in [0.29, 0.717) is 0 Å². The van der Waals surface area contributed by atoms with Crippen molar-refractivity contribution in [1.82, 2.24) is 0 Å². The lowest BCUT2D eigenvalue weighted by atomic mass is 10.2. The lowest BCUT2D eigenvalue weighted by Crippen LogP contribution is -2.31. The number of methoxy groups -OCH3 is 1. The number of benzene rings is 2. The van der Waals surface area contributed by atoms with E-state index in [9.17, 15) is 4.79 Å². The Morgan fingerprint density at radius 2 is 1.86 bits per heavy atom. The summed E-state index contributed by atoms with van der Waals surface area (Å²) in [7, 11) is 1.61. The molecule has 2 aromatic rings. The summed E-state index contributed by atoms with van der Waals surface area (Å²) in [5, 5.41) is 6.01. The number of amides is 1. The summed E-state index contributed by atoms with van der Waals surface area (Å²) < 4.78 is 6.13. The predicted octanol–water partition coefficient (Wildman–Crippen LogP) is 3.90. The van der Waals surface area contributed by atoms with Gasteiger partial charge in [0.05, 0.1) is 7.11 Å². The van der Waals surface area contributed by atoms with Crippen LogP contribution in [-0.4, -0.2) is 19.1 Å². The van der Waals surface area contributed by atoms with E-state index in [4.69, 9.17) is 4.74 Å². The summed E-state index contributed by atoms with van der Waals surface area (Å²) in [5.41, 5.74) is 1.61. The fourth-order valence-electron chi connectivity index (χ4n) is 1.81. The predicted molar refractivity (Wildman–Crippen MR) is 88.9 cm³/mol. The molecule has 21 heavy (non-hydrogen) atoms. The van der Waals surface area contributed by atoms with Crippen molar-refractivity contribution in [3.63, 3.8) is 0 Å². The minimum atomic E-state index is -0.360. The van der Waals surface area contributed by atoms with Crippen LogP contribution in [0.4, 0.5) is 11.4 Å². The summed E-state index contributed by atoms with van der Waals surface area (Å²) in [5.74, 6) is 0.653. The maximum absolute atomic E-state index is 12.1. The van der Waals surface area contributed by atoms with Crippen molar-refractivity contribution >= 4 is 33.2 Å². The number of rotatable bonds is 5. The molecule has 0 saturated heterocycles. The second-order valence-corrected chi connectivity index (χ2v) is 5.51. The molecule has 1 atom stereocenters. The van der Waals surface area contributed by atoms with E-state index in [1.807, 2.05) is 55.5 Å². The molecule has 0 spiro atoms. The van der Waals surface area contributed by atoms with E-state index in [0.717, 1.165) is 21.6 Å². The summed E-state index contributed by atoms with van der Waals surface area (Å²) in [6.45, 7) is 1.81. The van der Waals surface area contributed by atoms with Gasteiger partial charge < -0.3 is 15.4 Å². The molecule has 4 nitrogen and oxygen atoms in total. The number of hydrogen-bond donors (Lipinski definition) is 2. The number of carbonyl (C=O) groups excluding carboxylic acids is 1. The van der Waals surface area contributed by atoms with E-state index >= 15 is 0 Å². The number of carbonyl (C=O) groups is 1. The van der Waals surface area contributed by atoms with Crippen LogP contribution in [0.1, 0.15) is 6.92 Å². The van der Waals surface area contributed by atoms with Crippen molar-refractivity contribution < 1.29 is 9.53 Å². The number of hydrogen-bond acceptors (Lipinski definition) is 3. The first-order chi connectivity index (χ1) is 10.1. The quantitative estimate of drug-likeness (QED) is 0.861. The van der Waals surface area contributed by atoms with Crippen molar-refractivity contribution in [3.05, 3.63) is 53.0 Å². The zero-order valence-corrected chi connectivity index (χ0v) is 13.5. The van der Waals surface area contributed by atoms with Crippen molar-refractivity contribution in [1.29, 1.82) is 0 Å². The van der Waals surface area contributed by atoms with Crippen molar-refractivity contribution in [2.45, 2.75) is 13.0 Å². The molecule has 5 heteroatoms. The van der Waals surface area contributed by atoms with E-state index in [2.05, 4.69) is 26.6 Å². The number of nitrogens with one attached hydrogen (secondary N) is 2. The van der Waals surface area contributed by atoms with Crippen LogP contribution in [0.2, 0.25) is 0 Å². The molecule has 0 saturated carbocycles. The summed E-state index contributed by atoms with van der Waals surface area (Å²) in [6.07, 6.45) is 0. The first kappa shape index (κ1) is 15.4. The van der Waals surface area contributed by atoms with Gasteiger partial charge >= 0.3 is 0 Å². The normalized spacial score (nSPS) is 11.6. The van der Waals surface area contributed by atoms with Gasteiger partial charge in [0.25, 0.3) is 0 Å². The van der Waals surface area contributed by atoms with Gasteiger partial charge in [-0.1, -0.05) is 22.0 Å². The molecule has 2 N–H and O–H groups in total. The van der Waals surface area contributed by atoms with E-state index in [1.54, 1.807) is 7.11 Å². The molecule has 0 fully saturated rings. The zero-order chi connectivity index (χ0) is 15.2. The van der Waals surface area contributed by atoms with E-state index in [1.165, 1.54) is 0 Å². The van der Waals surface area contributed by atoms with E-state index < -0.39 is 0 Å². The molecular weight excluding hydrogens is 332 g/mol. The summed E-state index contributed by atoms with van der Waals surface area (Å²) >= 11 is 3.36. The van der Waals surface area contributed by atoms with Gasteiger partial charge in [0, 0.05) is 21.9 Å². The fourth-order valence-corrected chi connectivity index (χ4v) is 2.08. The summed E-state index contributed by atoms with van der Waals surface area (Å²) in [6, 6.07) is 14.6. The molecule has 110 valence electrons. The molecule has 2 aromatic carbocycles. The number of anilines is 2. The molecule has 0 aliphatic rings. The number of halogens is 1. The van der Waals surface area contributed by atoms with Crippen LogP contribution in [0.25, 0.3) is 0 Å². The second kappa shape index (κ2) is 7.13. The van der Waals surface area contributed by atoms with Crippen LogP contribution in [0.15, 0.2) is 53.0 Å².